The molecule has 2 aromatic rings. The van der Waals surface area contributed by atoms with Gasteiger partial charge in [-0.2, -0.15) is 0 Å². The molecule has 3 heterocycles. The fourth-order valence-corrected chi connectivity index (χ4v) is 3.48. The van der Waals surface area contributed by atoms with E-state index in [1.807, 2.05) is 43.3 Å². The van der Waals surface area contributed by atoms with Crippen molar-refractivity contribution in [1.82, 2.24) is 4.98 Å². The lowest BCUT2D eigenvalue weighted by Gasteiger charge is -2.38. The van der Waals surface area contributed by atoms with Gasteiger partial charge >= 0.3 is 0 Å². The smallest absolute Gasteiger partial charge is 0.257 e. The van der Waals surface area contributed by atoms with E-state index in [0.29, 0.717) is 18.8 Å². The predicted octanol–water partition coefficient (Wildman–Crippen LogP) is 2.99. The fourth-order valence-electron chi connectivity index (χ4n) is 3.48. The van der Waals surface area contributed by atoms with Gasteiger partial charge in [0.1, 0.15) is 5.82 Å². The Hall–Kier alpha value is -2.44. The number of carbonyl (C=O) groups excluding carboxylic acids is 1. The minimum absolute atomic E-state index is 0.149. The van der Waals surface area contributed by atoms with Crippen molar-refractivity contribution in [2.24, 2.45) is 0 Å². The second kappa shape index (κ2) is 7.05. The van der Waals surface area contributed by atoms with Gasteiger partial charge in [-0.1, -0.05) is 18.2 Å². The zero-order chi connectivity index (χ0) is 18.0. The summed E-state index contributed by atoms with van der Waals surface area (Å²) in [5, 5.41) is 2.93. The van der Waals surface area contributed by atoms with Crippen LogP contribution in [0, 0.1) is 6.92 Å². The van der Waals surface area contributed by atoms with Crippen molar-refractivity contribution in [2.75, 3.05) is 36.5 Å². The van der Waals surface area contributed by atoms with Gasteiger partial charge in [-0.05, 0) is 30.7 Å². The van der Waals surface area contributed by atoms with Crippen molar-refractivity contribution in [3.8, 4) is 0 Å². The molecule has 1 N–H and O–H groups in total. The molecule has 136 valence electrons. The maximum absolute atomic E-state index is 12.4. The van der Waals surface area contributed by atoms with Crippen LogP contribution >= 0.6 is 0 Å². The van der Waals surface area contributed by atoms with E-state index >= 15 is 0 Å². The molecule has 0 atom stereocenters. The second-order valence-electron chi connectivity index (χ2n) is 6.77. The van der Waals surface area contributed by atoms with Gasteiger partial charge in [0.15, 0.2) is 5.79 Å². The maximum atomic E-state index is 12.4. The fraction of sp³-hybridized carbons (Fsp3) is 0.400. The number of ether oxygens (including phenoxy) is 2. The lowest BCUT2D eigenvalue weighted by Crippen LogP contribution is -2.45. The molecule has 6 heteroatoms. The zero-order valence-corrected chi connectivity index (χ0v) is 14.9. The molecule has 2 aliphatic heterocycles. The molecule has 0 bridgehead atoms. The molecule has 2 fully saturated rings. The zero-order valence-electron chi connectivity index (χ0n) is 14.9. The normalized spacial score (nSPS) is 18.9. The number of anilines is 2. The van der Waals surface area contributed by atoms with Crippen LogP contribution < -0.4 is 10.2 Å². The number of piperidine rings is 1. The highest BCUT2D eigenvalue weighted by atomic mass is 16.7. The summed E-state index contributed by atoms with van der Waals surface area (Å²) in [6, 6.07) is 11.4. The number of aryl methyl sites for hydroxylation is 1. The summed E-state index contributed by atoms with van der Waals surface area (Å²) in [4.78, 5) is 19.1. The summed E-state index contributed by atoms with van der Waals surface area (Å²) >= 11 is 0. The predicted molar refractivity (Wildman–Crippen MR) is 99.5 cm³/mol. The second-order valence-corrected chi connectivity index (χ2v) is 6.77. The van der Waals surface area contributed by atoms with E-state index in [9.17, 15) is 4.79 Å². The molecule has 4 rings (SSSR count). The summed E-state index contributed by atoms with van der Waals surface area (Å²) in [5.41, 5.74) is 2.40. The Bertz CT molecular complexity index is 775. The third kappa shape index (κ3) is 3.43. The van der Waals surface area contributed by atoms with Crippen molar-refractivity contribution in [3.63, 3.8) is 0 Å². The number of hydrogen-bond acceptors (Lipinski definition) is 5. The SMILES string of the molecule is Cc1ccccc1NC(=O)c1ccc(N2CCC3(CC2)OCCO3)nc1. The van der Waals surface area contributed by atoms with Crippen LogP contribution in [0.1, 0.15) is 28.8 Å². The molecule has 1 spiro atoms. The Morgan fingerprint density at radius 1 is 1.12 bits per heavy atom. The molecule has 1 amide bonds. The number of rotatable bonds is 3. The van der Waals surface area contributed by atoms with Crippen LogP contribution in [0.4, 0.5) is 11.5 Å². The molecule has 6 nitrogen and oxygen atoms in total. The Morgan fingerprint density at radius 2 is 1.85 bits per heavy atom. The third-order valence-corrected chi connectivity index (χ3v) is 5.07. The van der Waals surface area contributed by atoms with Gasteiger partial charge in [-0.15, -0.1) is 0 Å². The number of nitrogens with zero attached hydrogens (tertiary/aromatic N) is 2. The molecule has 2 saturated heterocycles. The van der Waals surface area contributed by atoms with Gasteiger partial charge in [0.05, 0.1) is 18.8 Å². The topological polar surface area (TPSA) is 63.7 Å². The Kier molecular flexibility index (Phi) is 4.61. The number of para-hydroxylation sites is 1. The van der Waals surface area contributed by atoms with Crippen LogP contribution in [0.25, 0.3) is 0 Å². The number of pyridine rings is 1. The minimum atomic E-state index is -0.385. The molecular formula is C20H23N3O3. The highest BCUT2D eigenvalue weighted by Gasteiger charge is 2.39. The first-order chi connectivity index (χ1) is 12.7. The first-order valence-corrected chi connectivity index (χ1v) is 9.01. The van der Waals surface area contributed by atoms with Gasteiger partial charge in [-0.25, -0.2) is 4.98 Å². The van der Waals surface area contributed by atoms with E-state index in [1.54, 1.807) is 6.20 Å². The van der Waals surface area contributed by atoms with Crippen LogP contribution in [-0.4, -0.2) is 43.0 Å². The molecule has 0 unspecified atom stereocenters. The van der Waals surface area contributed by atoms with E-state index in [1.165, 1.54) is 0 Å². The minimum Gasteiger partial charge on any atom is -0.356 e. The number of nitrogens with one attached hydrogen (secondary N) is 1. The first-order valence-electron chi connectivity index (χ1n) is 9.01. The van der Waals surface area contributed by atoms with E-state index in [0.717, 1.165) is 43.0 Å². The molecule has 26 heavy (non-hydrogen) atoms. The summed E-state index contributed by atoms with van der Waals surface area (Å²) in [5.74, 6) is 0.345. The van der Waals surface area contributed by atoms with E-state index in [-0.39, 0.29) is 11.7 Å². The molecular weight excluding hydrogens is 330 g/mol. The van der Waals surface area contributed by atoms with Crippen molar-refractivity contribution < 1.29 is 14.3 Å². The summed E-state index contributed by atoms with van der Waals surface area (Å²) in [7, 11) is 0. The van der Waals surface area contributed by atoms with Crippen molar-refractivity contribution in [2.45, 2.75) is 25.6 Å². The van der Waals surface area contributed by atoms with E-state index in [2.05, 4.69) is 15.2 Å². The summed E-state index contributed by atoms with van der Waals surface area (Å²) in [6.07, 6.45) is 3.31. The highest BCUT2D eigenvalue weighted by molar-refractivity contribution is 6.04. The average molecular weight is 353 g/mol. The van der Waals surface area contributed by atoms with E-state index in [4.69, 9.17) is 9.47 Å². The van der Waals surface area contributed by atoms with Crippen LogP contribution in [0.3, 0.4) is 0 Å². The van der Waals surface area contributed by atoms with Crippen molar-refractivity contribution in [3.05, 3.63) is 53.7 Å². The molecule has 0 radical (unpaired) electrons. The Morgan fingerprint density at radius 3 is 2.50 bits per heavy atom. The number of benzene rings is 1. The number of hydrogen-bond donors (Lipinski definition) is 1. The van der Waals surface area contributed by atoms with Crippen molar-refractivity contribution in [1.29, 1.82) is 0 Å². The highest BCUT2D eigenvalue weighted by Crippen LogP contribution is 2.32. The molecule has 2 aliphatic rings. The average Bonchev–Trinajstić information content (AvgIpc) is 3.12. The van der Waals surface area contributed by atoms with Crippen molar-refractivity contribution >= 4 is 17.4 Å². The quantitative estimate of drug-likeness (QED) is 0.919. The van der Waals surface area contributed by atoms with Gasteiger partial charge in [0, 0.05) is 37.8 Å². The molecule has 1 aromatic carbocycles. The lowest BCUT2D eigenvalue weighted by molar-refractivity contribution is -0.169. The number of amides is 1. The van der Waals surface area contributed by atoms with Gasteiger partial charge in [0.25, 0.3) is 5.91 Å². The molecule has 0 aliphatic carbocycles. The molecule has 0 saturated carbocycles. The monoisotopic (exact) mass is 353 g/mol. The maximum Gasteiger partial charge on any atom is 0.257 e. The first kappa shape index (κ1) is 17.0. The largest absolute Gasteiger partial charge is 0.356 e. The van der Waals surface area contributed by atoms with E-state index < -0.39 is 0 Å². The lowest BCUT2D eigenvalue weighted by atomic mass is 10.0. The Balaban J connectivity index is 1.39. The van der Waals surface area contributed by atoms with Crippen LogP contribution in [-0.2, 0) is 9.47 Å². The summed E-state index contributed by atoms with van der Waals surface area (Å²) in [6.45, 7) is 5.01. The summed E-state index contributed by atoms with van der Waals surface area (Å²) < 4.78 is 11.5. The van der Waals surface area contributed by atoms with Crippen LogP contribution in [0.2, 0.25) is 0 Å². The third-order valence-electron chi connectivity index (χ3n) is 5.07. The van der Waals surface area contributed by atoms with Gasteiger partial charge in [0.2, 0.25) is 0 Å². The van der Waals surface area contributed by atoms with Crippen LogP contribution in [0.5, 0.6) is 0 Å². The number of carbonyl (C=O) groups is 1. The number of aromatic nitrogens is 1. The standard InChI is InChI=1S/C20H23N3O3/c1-15-4-2-3-5-17(15)22-19(24)16-6-7-18(21-14-16)23-10-8-20(9-11-23)25-12-13-26-20/h2-7,14H,8-13H2,1H3,(H,22,24). The van der Waals surface area contributed by atoms with Crippen LogP contribution in [0.15, 0.2) is 42.6 Å². The molecule has 1 aromatic heterocycles. The van der Waals surface area contributed by atoms with Gasteiger partial charge < -0.3 is 19.7 Å². The Labute approximate surface area is 153 Å². The van der Waals surface area contributed by atoms with Gasteiger partial charge in [-0.3, -0.25) is 4.79 Å².